The van der Waals surface area contributed by atoms with Crippen molar-refractivity contribution in [3.05, 3.63) is 54.6 Å². The summed E-state index contributed by atoms with van der Waals surface area (Å²) < 4.78 is 30.4. The number of hydrogen-bond acceptors (Lipinski definition) is 5. The fourth-order valence-electron chi connectivity index (χ4n) is 3.48. The van der Waals surface area contributed by atoms with Crippen LogP contribution in [-0.2, 0) is 21.9 Å². The molecule has 0 aliphatic carbocycles. The number of carbonyl (C=O) groups excluding carboxylic acids is 1. The predicted molar refractivity (Wildman–Crippen MR) is 112 cm³/mol. The topological polar surface area (TPSA) is 102 Å². The minimum atomic E-state index is -3.65. The molecule has 0 bridgehead atoms. The van der Waals surface area contributed by atoms with Crippen LogP contribution in [0.5, 0.6) is 0 Å². The third kappa shape index (κ3) is 4.01. The van der Waals surface area contributed by atoms with E-state index in [1.807, 2.05) is 30.3 Å². The molecular weight excluding hydrogens is 404 g/mol. The number of anilines is 1. The summed E-state index contributed by atoms with van der Waals surface area (Å²) in [6, 6.07) is 11.4. The van der Waals surface area contributed by atoms with Crippen molar-refractivity contribution in [1.29, 1.82) is 0 Å². The van der Waals surface area contributed by atoms with Crippen molar-refractivity contribution in [3.63, 3.8) is 0 Å². The number of sulfonamides is 1. The zero-order chi connectivity index (χ0) is 21.3. The number of piperidine rings is 1. The smallest absolute Gasteiger partial charge is 0.262 e. The molecule has 1 saturated heterocycles. The van der Waals surface area contributed by atoms with Gasteiger partial charge in [0, 0.05) is 44.5 Å². The van der Waals surface area contributed by atoms with E-state index in [0.29, 0.717) is 24.5 Å². The lowest BCUT2D eigenvalue weighted by Crippen LogP contribution is -2.41. The predicted octanol–water partition coefficient (Wildman–Crippen LogP) is 1.95. The highest BCUT2D eigenvalue weighted by Crippen LogP contribution is 2.24. The van der Waals surface area contributed by atoms with Gasteiger partial charge in [0.25, 0.3) is 10.0 Å². The molecule has 2 aromatic heterocycles. The Morgan fingerprint density at radius 2 is 1.83 bits per heavy atom. The van der Waals surface area contributed by atoms with Gasteiger partial charge < -0.3 is 9.88 Å². The van der Waals surface area contributed by atoms with Crippen LogP contribution in [0.4, 0.5) is 5.82 Å². The van der Waals surface area contributed by atoms with E-state index in [1.165, 1.54) is 10.5 Å². The maximum atomic E-state index is 12.8. The van der Waals surface area contributed by atoms with Gasteiger partial charge in [0.1, 0.15) is 5.82 Å². The standard InChI is InChI=1S/C20H24N6O3S/c1-15-21-19(14-24(15)2)30(28,29)25-11-8-16(9-12-25)20(27)22-18-10-13-26(23-18)17-6-4-3-5-7-17/h3-7,10,13-14,16H,8-9,11-12H2,1-2H3,(H,22,23,27). The van der Waals surface area contributed by atoms with Crippen molar-refractivity contribution in [1.82, 2.24) is 23.6 Å². The number of aromatic nitrogens is 4. The fraction of sp³-hybridized carbons (Fsp3) is 0.350. The largest absolute Gasteiger partial charge is 0.337 e. The van der Waals surface area contributed by atoms with E-state index in [1.54, 1.807) is 35.5 Å². The van der Waals surface area contributed by atoms with Crippen LogP contribution in [-0.4, -0.2) is 51.1 Å². The summed E-state index contributed by atoms with van der Waals surface area (Å²) in [6.07, 6.45) is 4.22. The summed E-state index contributed by atoms with van der Waals surface area (Å²) >= 11 is 0. The molecule has 158 valence electrons. The maximum Gasteiger partial charge on any atom is 0.262 e. The Hall–Kier alpha value is -2.98. The van der Waals surface area contributed by atoms with E-state index in [-0.39, 0.29) is 29.9 Å². The van der Waals surface area contributed by atoms with Crippen LogP contribution in [0.1, 0.15) is 18.7 Å². The lowest BCUT2D eigenvalue weighted by Gasteiger charge is -2.29. The van der Waals surface area contributed by atoms with Crippen LogP contribution in [0.3, 0.4) is 0 Å². The first kappa shape index (κ1) is 20.3. The molecular formula is C20H24N6O3S. The molecule has 9 nitrogen and oxygen atoms in total. The van der Waals surface area contributed by atoms with Crippen LogP contribution >= 0.6 is 0 Å². The molecule has 4 rings (SSSR count). The lowest BCUT2D eigenvalue weighted by atomic mass is 9.97. The van der Waals surface area contributed by atoms with E-state index in [4.69, 9.17) is 0 Å². The number of benzene rings is 1. The van der Waals surface area contributed by atoms with E-state index in [9.17, 15) is 13.2 Å². The molecule has 1 aromatic carbocycles. The van der Waals surface area contributed by atoms with Crippen molar-refractivity contribution in [2.45, 2.75) is 24.8 Å². The molecule has 1 aliphatic rings. The molecule has 0 radical (unpaired) electrons. The number of aryl methyl sites for hydroxylation is 2. The van der Waals surface area contributed by atoms with Crippen molar-refractivity contribution in [3.8, 4) is 5.69 Å². The van der Waals surface area contributed by atoms with Gasteiger partial charge in [0.05, 0.1) is 5.69 Å². The number of para-hydroxylation sites is 1. The highest BCUT2D eigenvalue weighted by atomic mass is 32.2. The van der Waals surface area contributed by atoms with E-state index < -0.39 is 10.0 Å². The molecule has 1 amide bonds. The minimum Gasteiger partial charge on any atom is -0.337 e. The van der Waals surface area contributed by atoms with Crippen molar-refractivity contribution >= 4 is 21.7 Å². The Bertz CT molecular complexity index is 1120. The van der Waals surface area contributed by atoms with Gasteiger partial charge in [0.15, 0.2) is 10.8 Å². The average Bonchev–Trinajstić information content (AvgIpc) is 3.35. The molecule has 0 saturated carbocycles. The Kier molecular flexibility index (Phi) is 5.44. The van der Waals surface area contributed by atoms with Crippen LogP contribution < -0.4 is 5.32 Å². The van der Waals surface area contributed by atoms with Crippen molar-refractivity contribution in [2.24, 2.45) is 13.0 Å². The molecule has 1 aliphatic heterocycles. The summed E-state index contributed by atoms with van der Waals surface area (Å²) in [6.45, 7) is 2.33. The molecule has 0 unspecified atom stereocenters. The summed E-state index contributed by atoms with van der Waals surface area (Å²) in [7, 11) is -1.88. The quantitative estimate of drug-likeness (QED) is 0.669. The molecule has 30 heavy (non-hydrogen) atoms. The molecule has 3 aromatic rings. The third-order valence-electron chi connectivity index (χ3n) is 5.38. The average molecular weight is 429 g/mol. The van der Waals surface area contributed by atoms with E-state index >= 15 is 0 Å². The monoisotopic (exact) mass is 428 g/mol. The second-order valence-electron chi connectivity index (χ2n) is 7.39. The number of carbonyl (C=O) groups is 1. The normalized spacial score (nSPS) is 15.9. The zero-order valence-corrected chi connectivity index (χ0v) is 17.7. The van der Waals surface area contributed by atoms with Crippen molar-refractivity contribution < 1.29 is 13.2 Å². The molecule has 10 heteroatoms. The Morgan fingerprint density at radius 1 is 1.13 bits per heavy atom. The molecule has 0 atom stereocenters. The lowest BCUT2D eigenvalue weighted by molar-refractivity contribution is -0.120. The second kappa shape index (κ2) is 8.04. The van der Waals surface area contributed by atoms with Crippen molar-refractivity contribution in [2.75, 3.05) is 18.4 Å². The molecule has 1 N–H and O–H groups in total. The van der Waals surface area contributed by atoms with Gasteiger partial charge in [0.2, 0.25) is 5.91 Å². The Labute approximate surface area is 175 Å². The van der Waals surface area contributed by atoms with Gasteiger partial charge in [-0.2, -0.15) is 9.40 Å². The highest BCUT2D eigenvalue weighted by Gasteiger charge is 2.33. The van der Waals surface area contributed by atoms with Crippen LogP contribution in [0.25, 0.3) is 5.69 Å². The first-order valence-corrected chi connectivity index (χ1v) is 11.2. The van der Waals surface area contributed by atoms with E-state index in [2.05, 4.69) is 15.4 Å². The van der Waals surface area contributed by atoms with Gasteiger partial charge in [-0.25, -0.2) is 18.1 Å². The number of nitrogens with one attached hydrogen (secondary N) is 1. The van der Waals surface area contributed by atoms with Crippen LogP contribution in [0.2, 0.25) is 0 Å². The Balaban J connectivity index is 1.36. The first-order chi connectivity index (χ1) is 14.3. The zero-order valence-electron chi connectivity index (χ0n) is 16.9. The molecule has 3 heterocycles. The maximum absolute atomic E-state index is 12.8. The van der Waals surface area contributed by atoms with Crippen LogP contribution in [0, 0.1) is 12.8 Å². The van der Waals surface area contributed by atoms with Gasteiger partial charge in [-0.3, -0.25) is 4.79 Å². The number of amides is 1. The van der Waals surface area contributed by atoms with Crippen LogP contribution in [0.15, 0.2) is 53.8 Å². The Morgan fingerprint density at radius 3 is 2.47 bits per heavy atom. The van der Waals surface area contributed by atoms with Gasteiger partial charge in [-0.05, 0) is 31.9 Å². The summed E-state index contributed by atoms with van der Waals surface area (Å²) in [4.78, 5) is 16.8. The molecule has 0 spiro atoms. The van der Waals surface area contributed by atoms with E-state index in [0.717, 1.165) is 5.69 Å². The number of rotatable bonds is 5. The minimum absolute atomic E-state index is 0.0526. The number of nitrogens with zero attached hydrogens (tertiary/aromatic N) is 5. The van der Waals surface area contributed by atoms with Gasteiger partial charge in [-0.15, -0.1) is 0 Å². The molecule has 1 fully saturated rings. The second-order valence-corrected chi connectivity index (χ2v) is 9.27. The van der Waals surface area contributed by atoms with Gasteiger partial charge >= 0.3 is 0 Å². The fourth-order valence-corrected chi connectivity index (χ4v) is 4.98. The highest BCUT2D eigenvalue weighted by molar-refractivity contribution is 7.89. The summed E-state index contributed by atoms with van der Waals surface area (Å²) in [5.41, 5.74) is 0.904. The SMILES string of the molecule is Cc1nc(S(=O)(=O)N2CCC(C(=O)Nc3ccn(-c4ccccc4)n3)CC2)cn1C. The van der Waals surface area contributed by atoms with Gasteiger partial charge in [-0.1, -0.05) is 18.2 Å². The number of imidazole rings is 1. The first-order valence-electron chi connectivity index (χ1n) is 9.76. The summed E-state index contributed by atoms with van der Waals surface area (Å²) in [5.74, 6) is 0.712. The summed E-state index contributed by atoms with van der Waals surface area (Å²) in [5, 5.41) is 7.28. The third-order valence-corrected chi connectivity index (χ3v) is 7.15. The number of hydrogen-bond donors (Lipinski definition) is 1.